The molecule has 5 aromatic rings. The van der Waals surface area contributed by atoms with Crippen LogP contribution in [0.5, 0.6) is 0 Å². The zero-order valence-corrected chi connectivity index (χ0v) is 17.9. The molecule has 0 aliphatic carbocycles. The smallest absolute Gasteiger partial charge is 0.265 e. The summed E-state index contributed by atoms with van der Waals surface area (Å²) in [5.74, 6) is 0. The number of hydrogen-bond donors (Lipinski definition) is 0. The lowest BCUT2D eigenvalue weighted by Crippen LogP contribution is -2.23. The molecule has 1 aromatic carbocycles. The first-order valence-corrected chi connectivity index (χ1v) is 10.3. The SMILES string of the molecule is Cc1ccc(-c2cnn3c(=O)n(Cc4ccc(C(F)(F)F)nc4)nc3c2-c2ccncc2)cc1. The van der Waals surface area contributed by atoms with Gasteiger partial charge in [0.15, 0.2) is 5.65 Å². The Kier molecular flexibility index (Phi) is 5.20. The van der Waals surface area contributed by atoms with Crippen molar-refractivity contribution in [3.8, 4) is 22.3 Å². The maximum absolute atomic E-state index is 13.0. The second kappa shape index (κ2) is 8.22. The van der Waals surface area contributed by atoms with Crippen molar-refractivity contribution in [3.05, 3.63) is 101 Å². The fourth-order valence-electron chi connectivity index (χ4n) is 3.68. The zero-order valence-electron chi connectivity index (χ0n) is 17.9. The van der Waals surface area contributed by atoms with Gasteiger partial charge in [-0.2, -0.15) is 22.8 Å². The van der Waals surface area contributed by atoms with E-state index in [1.807, 2.05) is 43.3 Å². The topological polar surface area (TPSA) is 78.0 Å². The van der Waals surface area contributed by atoms with Crippen LogP contribution in [-0.4, -0.2) is 29.4 Å². The van der Waals surface area contributed by atoms with Crippen molar-refractivity contribution in [3.63, 3.8) is 0 Å². The fraction of sp³-hybridized carbons (Fsp3) is 0.125. The molecule has 0 unspecified atom stereocenters. The Morgan fingerprint density at radius 2 is 1.65 bits per heavy atom. The van der Waals surface area contributed by atoms with Crippen LogP contribution in [0.2, 0.25) is 0 Å². The van der Waals surface area contributed by atoms with Crippen LogP contribution in [0.3, 0.4) is 0 Å². The summed E-state index contributed by atoms with van der Waals surface area (Å²) >= 11 is 0. The molecule has 34 heavy (non-hydrogen) atoms. The van der Waals surface area contributed by atoms with E-state index >= 15 is 0 Å². The van der Waals surface area contributed by atoms with E-state index in [0.29, 0.717) is 16.8 Å². The largest absolute Gasteiger partial charge is 0.433 e. The van der Waals surface area contributed by atoms with E-state index in [1.165, 1.54) is 10.6 Å². The highest BCUT2D eigenvalue weighted by Gasteiger charge is 2.32. The minimum atomic E-state index is -4.53. The molecular formula is C24H17F3N6O. The first-order valence-electron chi connectivity index (χ1n) is 10.3. The molecule has 0 amide bonds. The molecule has 0 saturated carbocycles. The average Bonchev–Trinajstić information content (AvgIpc) is 3.14. The number of alkyl halides is 3. The molecule has 4 heterocycles. The standard InChI is InChI=1S/C24H17F3N6O/c1-15-2-5-17(6-3-15)19-13-30-33-22(21(19)18-8-10-28-11-9-18)31-32(23(33)34)14-16-4-7-20(29-12-16)24(25,26)27/h2-13H,14H2,1H3. The van der Waals surface area contributed by atoms with E-state index in [9.17, 15) is 18.0 Å². The highest BCUT2D eigenvalue weighted by atomic mass is 19.4. The highest BCUT2D eigenvalue weighted by Crippen LogP contribution is 2.33. The second-order valence-corrected chi connectivity index (χ2v) is 7.76. The van der Waals surface area contributed by atoms with Crippen LogP contribution in [0.1, 0.15) is 16.8 Å². The number of benzene rings is 1. The van der Waals surface area contributed by atoms with Gasteiger partial charge >= 0.3 is 11.9 Å². The summed E-state index contributed by atoms with van der Waals surface area (Å²) in [4.78, 5) is 20.6. The quantitative estimate of drug-likeness (QED) is 0.396. The van der Waals surface area contributed by atoms with Crippen molar-refractivity contribution < 1.29 is 13.2 Å². The zero-order chi connectivity index (χ0) is 23.9. The molecule has 0 atom stereocenters. The molecule has 0 aliphatic rings. The van der Waals surface area contributed by atoms with Gasteiger partial charge in [-0.25, -0.2) is 9.48 Å². The van der Waals surface area contributed by atoms with Gasteiger partial charge in [0.25, 0.3) is 0 Å². The van der Waals surface area contributed by atoms with E-state index in [1.54, 1.807) is 18.6 Å². The Morgan fingerprint density at radius 1 is 0.912 bits per heavy atom. The number of pyridine rings is 2. The van der Waals surface area contributed by atoms with Crippen LogP contribution in [0.4, 0.5) is 13.2 Å². The summed E-state index contributed by atoms with van der Waals surface area (Å²) in [7, 11) is 0. The monoisotopic (exact) mass is 462 g/mol. The Labute approximate surface area is 191 Å². The lowest BCUT2D eigenvalue weighted by atomic mass is 9.97. The van der Waals surface area contributed by atoms with Crippen LogP contribution in [0.15, 0.2) is 78.1 Å². The Bertz CT molecular complexity index is 1520. The summed E-state index contributed by atoms with van der Waals surface area (Å²) < 4.78 is 40.8. The van der Waals surface area contributed by atoms with Crippen molar-refractivity contribution >= 4 is 5.65 Å². The van der Waals surface area contributed by atoms with E-state index in [-0.39, 0.29) is 6.54 Å². The lowest BCUT2D eigenvalue weighted by molar-refractivity contribution is -0.141. The van der Waals surface area contributed by atoms with E-state index in [2.05, 4.69) is 20.2 Å². The fourth-order valence-corrected chi connectivity index (χ4v) is 3.68. The lowest BCUT2D eigenvalue weighted by Gasteiger charge is -2.10. The summed E-state index contributed by atoms with van der Waals surface area (Å²) in [6, 6.07) is 13.7. The van der Waals surface area contributed by atoms with Crippen molar-refractivity contribution in [2.45, 2.75) is 19.6 Å². The van der Waals surface area contributed by atoms with E-state index in [4.69, 9.17) is 0 Å². The molecule has 0 N–H and O–H groups in total. The number of fused-ring (bicyclic) bond motifs is 1. The summed E-state index contributed by atoms with van der Waals surface area (Å²) in [6.45, 7) is 1.94. The van der Waals surface area contributed by atoms with Gasteiger partial charge in [0.1, 0.15) is 5.69 Å². The Balaban J connectivity index is 1.65. The summed E-state index contributed by atoms with van der Waals surface area (Å²) in [6.07, 6.45) is 1.46. The third-order valence-electron chi connectivity index (χ3n) is 5.39. The van der Waals surface area contributed by atoms with Crippen molar-refractivity contribution in [2.75, 3.05) is 0 Å². The van der Waals surface area contributed by atoms with Crippen molar-refractivity contribution in [1.29, 1.82) is 0 Å². The molecule has 0 radical (unpaired) electrons. The van der Waals surface area contributed by atoms with E-state index < -0.39 is 17.6 Å². The molecule has 5 rings (SSSR count). The predicted molar refractivity (Wildman–Crippen MR) is 119 cm³/mol. The third kappa shape index (κ3) is 3.94. The molecule has 10 heteroatoms. The average molecular weight is 462 g/mol. The van der Waals surface area contributed by atoms with Crippen LogP contribution < -0.4 is 5.69 Å². The number of aryl methyl sites for hydroxylation is 1. The number of hydrogen-bond acceptors (Lipinski definition) is 5. The molecule has 0 fully saturated rings. The second-order valence-electron chi connectivity index (χ2n) is 7.76. The van der Waals surface area contributed by atoms with Gasteiger partial charge in [-0.1, -0.05) is 35.9 Å². The summed E-state index contributed by atoms with van der Waals surface area (Å²) in [5.41, 5.74) is 3.51. The number of rotatable bonds is 4. The van der Waals surface area contributed by atoms with Gasteiger partial charge in [0.2, 0.25) is 0 Å². The molecule has 0 spiro atoms. The molecule has 0 saturated heterocycles. The van der Waals surface area contributed by atoms with Crippen molar-refractivity contribution in [2.24, 2.45) is 0 Å². The van der Waals surface area contributed by atoms with E-state index in [0.717, 1.165) is 39.2 Å². The number of aromatic nitrogens is 6. The maximum Gasteiger partial charge on any atom is 0.433 e. The summed E-state index contributed by atoms with van der Waals surface area (Å²) in [5, 5.41) is 8.81. The minimum absolute atomic E-state index is 0.0526. The Morgan fingerprint density at radius 3 is 2.29 bits per heavy atom. The molecule has 7 nitrogen and oxygen atoms in total. The third-order valence-corrected chi connectivity index (χ3v) is 5.39. The first-order chi connectivity index (χ1) is 16.3. The first kappa shape index (κ1) is 21.5. The van der Waals surface area contributed by atoms with Crippen LogP contribution >= 0.6 is 0 Å². The van der Waals surface area contributed by atoms with Gasteiger partial charge in [-0.3, -0.25) is 9.97 Å². The van der Waals surface area contributed by atoms with Gasteiger partial charge in [-0.15, -0.1) is 5.10 Å². The van der Waals surface area contributed by atoms with Crippen molar-refractivity contribution in [1.82, 2.24) is 29.4 Å². The maximum atomic E-state index is 13.0. The van der Waals surface area contributed by atoms with Crippen LogP contribution in [0, 0.1) is 6.92 Å². The molecule has 0 bridgehead atoms. The normalized spacial score (nSPS) is 11.8. The number of halogens is 3. The van der Waals surface area contributed by atoms with Gasteiger partial charge in [0.05, 0.1) is 12.7 Å². The molecule has 0 aliphatic heterocycles. The van der Waals surface area contributed by atoms with Gasteiger partial charge in [-0.05, 0) is 41.8 Å². The molecule has 4 aromatic heterocycles. The highest BCUT2D eigenvalue weighted by molar-refractivity contribution is 5.90. The molecule has 170 valence electrons. The molecular weight excluding hydrogens is 445 g/mol. The van der Waals surface area contributed by atoms with Crippen LogP contribution in [-0.2, 0) is 12.7 Å². The Hall–Kier alpha value is -4.34. The van der Waals surface area contributed by atoms with Gasteiger partial charge in [0, 0.05) is 29.7 Å². The predicted octanol–water partition coefficient (Wildman–Crippen LogP) is 4.39. The van der Waals surface area contributed by atoms with Gasteiger partial charge < -0.3 is 0 Å². The van der Waals surface area contributed by atoms with Crippen LogP contribution in [0.25, 0.3) is 27.9 Å². The minimum Gasteiger partial charge on any atom is -0.265 e. The number of nitrogens with zero attached hydrogens (tertiary/aromatic N) is 6.